The van der Waals surface area contributed by atoms with Crippen LogP contribution < -0.4 is 0 Å². The lowest BCUT2D eigenvalue weighted by Gasteiger charge is -2.59. The minimum absolute atomic E-state index is 0.0670. The lowest BCUT2D eigenvalue weighted by molar-refractivity contribution is -0.160. The standard InChI is InChI=1S/C22H32O4/c1-13(23)26-19-9-8-17-16-7-6-15-5-4-14(20(24)25)12-22(15,3)18(16)10-11-21(17,19)2/h4,15-19H,5-12H2,1-3H3,(H,24,25)/t15-,16+,17+,18+,19-,21+,22+/m1/s1. The zero-order valence-electron chi connectivity index (χ0n) is 16.3. The van der Waals surface area contributed by atoms with Crippen LogP contribution in [-0.2, 0) is 14.3 Å². The predicted molar refractivity (Wildman–Crippen MR) is 98.4 cm³/mol. The van der Waals surface area contributed by atoms with Crippen LogP contribution in [0.1, 0.15) is 72.1 Å². The average molecular weight is 360 g/mol. The van der Waals surface area contributed by atoms with Crippen molar-refractivity contribution in [2.45, 2.75) is 78.2 Å². The Labute approximate surface area is 156 Å². The summed E-state index contributed by atoms with van der Waals surface area (Å²) in [5, 5.41) is 9.53. The van der Waals surface area contributed by atoms with E-state index in [-0.39, 0.29) is 22.9 Å². The Morgan fingerprint density at radius 3 is 2.50 bits per heavy atom. The number of carboxylic acid groups (broad SMARTS) is 1. The molecule has 0 aromatic rings. The van der Waals surface area contributed by atoms with E-state index in [1.165, 1.54) is 19.8 Å². The van der Waals surface area contributed by atoms with Gasteiger partial charge in [0.15, 0.2) is 0 Å². The second kappa shape index (κ2) is 6.10. The summed E-state index contributed by atoms with van der Waals surface area (Å²) < 4.78 is 5.72. The van der Waals surface area contributed by atoms with E-state index in [0.29, 0.717) is 29.2 Å². The molecule has 0 aliphatic heterocycles. The minimum atomic E-state index is -0.733. The molecule has 0 spiro atoms. The molecule has 3 saturated carbocycles. The highest BCUT2D eigenvalue weighted by Gasteiger charge is 2.60. The number of carbonyl (C=O) groups is 2. The normalized spacial score (nSPS) is 47.2. The van der Waals surface area contributed by atoms with E-state index in [2.05, 4.69) is 13.8 Å². The zero-order valence-corrected chi connectivity index (χ0v) is 16.3. The number of hydrogen-bond donors (Lipinski definition) is 1. The number of carboxylic acids is 1. The molecule has 0 bridgehead atoms. The molecule has 0 amide bonds. The molecule has 0 radical (unpaired) electrons. The largest absolute Gasteiger partial charge is 0.478 e. The van der Waals surface area contributed by atoms with Crippen molar-refractivity contribution >= 4 is 11.9 Å². The highest BCUT2D eigenvalue weighted by molar-refractivity contribution is 5.86. The maximum atomic E-state index is 11.6. The summed E-state index contributed by atoms with van der Waals surface area (Å²) in [6.45, 7) is 6.23. The van der Waals surface area contributed by atoms with Crippen molar-refractivity contribution in [1.29, 1.82) is 0 Å². The third kappa shape index (κ3) is 2.55. The minimum Gasteiger partial charge on any atom is -0.478 e. The van der Waals surface area contributed by atoms with Gasteiger partial charge in [-0.3, -0.25) is 4.79 Å². The summed E-state index contributed by atoms with van der Waals surface area (Å²) in [4.78, 5) is 23.1. The van der Waals surface area contributed by atoms with Crippen LogP contribution in [0.15, 0.2) is 11.6 Å². The van der Waals surface area contributed by atoms with Gasteiger partial charge < -0.3 is 9.84 Å². The molecule has 3 fully saturated rings. The molecule has 0 saturated heterocycles. The smallest absolute Gasteiger partial charge is 0.331 e. The van der Waals surface area contributed by atoms with Crippen LogP contribution in [-0.4, -0.2) is 23.1 Å². The van der Waals surface area contributed by atoms with Crippen LogP contribution in [0.4, 0.5) is 0 Å². The quantitative estimate of drug-likeness (QED) is 0.732. The summed E-state index contributed by atoms with van der Waals surface area (Å²) in [5.41, 5.74) is 0.851. The number of carbonyl (C=O) groups excluding carboxylic acids is 1. The Kier molecular flexibility index (Phi) is 4.24. The first-order chi connectivity index (χ1) is 12.3. The maximum Gasteiger partial charge on any atom is 0.331 e. The highest BCUT2D eigenvalue weighted by atomic mass is 16.5. The summed E-state index contributed by atoms with van der Waals surface area (Å²) >= 11 is 0. The first-order valence-corrected chi connectivity index (χ1v) is 10.4. The molecular formula is C22H32O4. The predicted octanol–water partition coefficient (Wildman–Crippen LogP) is 4.58. The van der Waals surface area contributed by atoms with Crippen molar-refractivity contribution in [3.8, 4) is 0 Å². The fourth-order valence-electron chi connectivity index (χ4n) is 7.47. The van der Waals surface area contributed by atoms with Crippen LogP contribution in [0, 0.1) is 34.5 Å². The van der Waals surface area contributed by atoms with E-state index in [0.717, 1.165) is 38.5 Å². The van der Waals surface area contributed by atoms with Gasteiger partial charge in [-0.15, -0.1) is 0 Å². The molecule has 0 unspecified atom stereocenters. The molecule has 1 N–H and O–H groups in total. The van der Waals surface area contributed by atoms with Gasteiger partial charge in [-0.25, -0.2) is 4.79 Å². The van der Waals surface area contributed by atoms with Crippen LogP contribution in [0.5, 0.6) is 0 Å². The van der Waals surface area contributed by atoms with E-state index in [1.54, 1.807) is 0 Å². The highest BCUT2D eigenvalue weighted by Crippen LogP contribution is 2.66. The molecule has 0 aromatic carbocycles. The Bertz CT molecular complexity index is 653. The van der Waals surface area contributed by atoms with Crippen molar-refractivity contribution in [3.63, 3.8) is 0 Å². The second-order valence-corrected chi connectivity index (χ2v) is 9.82. The van der Waals surface area contributed by atoms with E-state index in [4.69, 9.17) is 4.74 Å². The SMILES string of the molecule is CC(=O)O[C@@H]1CC[C@H]2[C@@H]3CC[C@H]4CC=C(C(=O)O)C[C@]4(C)[C@H]3CC[C@]12C. The van der Waals surface area contributed by atoms with Crippen LogP contribution in [0.25, 0.3) is 0 Å². The van der Waals surface area contributed by atoms with Crippen LogP contribution in [0.2, 0.25) is 0 Å². The first kappa shape index (κ1) is 18.1. The van der Waals surface area contributed by atoms with Gasteiger partial charge >= 0.3 is 11.9 Å². The monoisotopic (exact) mass is 360 g/mol. The Balaban J connectivity index is 1.60. The van der Waals surface area contributed by atoms with Gasteiger partial charge in [-0.2, -0.15) is 0 Å². The lowest BCUT2D eigenvalue weighted by Crippen LogP contribution is -2.53. The Hall–Kier alpha value is -1.32. The van der Waals surface area contributed by atoms with Crippen molar-refractivity contribution in [2.75, 3.05) is 0 Å². The summed E-state index contributed by atoms with van der Waals surface area (Å²) in [6.07, 6.45) is 10.6. The third-order valence-electron chi connectivity index (χ3n) is 8.78. The van der Waals surface area contributed by atoms with Crippen molar-refractivity contribution in [2.24, 2.45) is 34.5 Å². The molecule has 0 heterocycles. The van der Waals surface area contributed by atoms with E-state index >= 15 is 0 Å². The zero-order chi connectivity index (χ0) is 18.7. The van der Waals surface area contributed by atoms with Crippen molar-refractivity contribution in [3.05, 3.63) is 11.6 Å². The average Bonchev–Trinajstić information content (AvgIpc) is 2.89. The number of rotatable bonds is 2. The van der Waals surface area contributed by atoms with Gasteiger partial charge in [0.25, 0.3) is 0 Å². The molecule has 26 heavy (non-hydrogen) atoms. The third-order valence-corrected chi connectivity index (χ3v) is 8.78. The molecule has 4 rings (SSSR count). The molecule has 4 aliphatic carbocycles. The Morgan fingerprint density at radius 2 is 1.81 bits per heavy atom. The summed E-state index contributed by atoms with van der Waals surface area (Å²) in [7, 11) is 0. The fourth-order valence-corrected chi connectivity index (χ4v) is 7.47. The van der Waals surface area contributed by atoms with E-state index < -0.39 is 5.97 Å². The van der Waals surface area contributed by atoms with Crippen molar-refractivity contribution < 1.29 is 19.4 Å². The van der Waals surface area contributed by atoms with Crippen molar-refractivity contribution in [1.82, 2.24) is 0 Å². The van der Waals surface area contributed by atoms with E-state index in [1.807, 2.05) is 6.08 Å². The molecule has 4 heteroatoms. The molecule has 7 atom stereocenters. The molecule has 0 aromatic heterocycles. The van der Waals surface area contributed by atoms with Crippen LogP contribution in [0.3, 0.4) is 0 Å². The molecule has 144 valence electrons. The number of fused-ring (bicyclic) bond motifs is 5. The number of esters is 1. The molecular weight excluding hydrogens is 328 g/mol. The second-order valence-electron chi connectivity index (χ2n) is 9.82. The topological polar surface area (TPSA) is 63.6 Å². The van der Waals surface area contributed by atoms with Crippen LogP contribution >= 0.6 is 0 Å². The molecule has 4 nitrogen and oxygen atoms in total. The van der Waals surface area contributed by atoms with Gasteiger partial charge in [0.1, 0.15) is 6.10 Å². The van der Waals surface area contributed by atoms with Gasteiger partial charge in [-0.05, 0) is 80.5 Å². The summed E-state index contributed by atoms with van der Waals surface area (Å²) in [5.74, 6) is 1.62. The maximum absolute atomic E-state index is 11.6. The van der Waals surface area contributed by atoms with Gasteiger partial charge in [0, 0.05) is 17.9 Å². The lowest BCUT2D eigenvalue weighted by atomic mass is 9.45. The van der Waals surface area contributed by atoms with E-state index in [9.17, 15) is 14.7 Å². The first-order valence-electron chi connectivity index (χ1n) is 10.4. The van der Waals surface area contributed by atoms with Gasteiger partial charge in [0.05, 0.1) is 0 Å². The number of hydrogen-bond acceptors (Lipinski definition) is 3. The van der Waals surface area contributed by atoms with Gasteiger partial charge in [-0.1, -0.05) is 19.9 Å². The molecule has 4 aliphatic rings. The number of allylic oxidation sites excluding steroid dienone is 1. The Morgan fingerprint density at radius 1 is 1.08 bits per heavy atom. The van der Waals surface area contributed by atoms with Gasteiger partial charge in [0.2, 0.25) is 0 Å². The fraction of sp³-hybridized carbons (Fsp3) is 0.818. The number of ether oxygens (including phenoxy) is 1. The summed E-state index contributed by atoms with van der Waals surface area (Å²) in [6, 6.07) is 0. The number of aliphatic carboxylic acids is 1.